The largest absolute Gasteiger partial charge is 2.00 e. The van der Waals surface area contributed by atoms with Gasteiger partial charge in [0.15, 0.2) is 7.38 Å². The molecule has 0 saturated heterocycles. The van der Waals surface area contributed by atoms with Crippen LogP contribution < -0.4 is 0 Å². The zero-order valence-corrected chi connectivity index (χ0v) is 18.0. The van der Waals surface area contributed by atoms with Gasteiger partial charge in [0.2, 0.25) is 0 Å². The van der Waals surface area contributed by atoms with Crippen molar-refractivity contribution >= 4 is 43.3 Å². The summed E-state index contributed by atoms with van der Waals surface area (Å²) in [5.74, 6) is 0. The fraction of sp³-hybridized carbons (Fsp3) is 0.467. The Labute approximate surface area is 161 Å². The molecule has 0 radical (unpaired) electrons. The van der Waals surface area contributed by atoms with Gasteiger partial charge >= 0.3 is 26.2 Å². The van der Waals surface area contributed by atoms with Crippen LogP contribution in [0.1, 0.15) is 25.7 Å². The summed E-state index contributed by atoms with van der Waals surface area (Å²) >= 11 is 6.21. The van der Waals surface area contributed by atoms with Gasteiger partial charge in [-0.15, -0.1) is 37.7 Å². The number of hydrogen-bond donors (Lipinski definition) is 0. The Hall–Kier alpha value is 0.930. The number of hydrogen-bond acceptors (Lipinski definition) is 0. The quantitative estimate of drug-likeness (QED) is 0.290. The van der Waals surface area contributed by atoms with E-state index in [1.165, 1.54) is 24.5 Å². The number of halogens is 3. The smallest absolute Gasteiger partial charge is 0.273 e. The summed E-state index contributed by atoms with van der Waals surface area (Å²) in [7, 11) is -1.32. The molecule has 0 heterocycles. The zero-order valence-electron chi connectivity index (χ0n) is 12.1. The van der Waals surface area contributed by atoms with E-state index in [1.807, 2.05) is 12.2 Å². The van der Waals surface area contributed by atoms with Crippen LogP contribution in [0.5, 0.6) is 0 Å². The predicted molar refractivity (Wildman–Crippen MR) is 94.0 cm³/mol. The standard InChI is InChI=1S/C10H16ClSi.C5H5.2ClH.Zr/c1-12(2,11)9-5-8-10-6-3-4-7-10;1-2-4-5-3-1;;;/h3,6H,4-5,8-9H2,1-2H3;1-3H,4H2;2*1H;/q2*-1;;;+2. The first-order valence-electron chi connectivity index (χ1n) is 6.25. The van der Waals surface area contributed by atoms with Gasteiger partial charge in [0.25, 0.3) is 0 Å². The molecule has 0 spiro atoms. The van der Waals surface area contributed by atoms with Gasteiger partial charge in [-0.3, -0.25) is 12.2 Å². The maximum absolute atomic E-state index is 6.21. The van der Waals surface area contributed by atoms with Crippen LogP contribution in [0.2, 0.25) is 19.1 Å². The molecule has 0 amide bonds. The van der Waals surface area contributed by atoms with E-state index in [9.17, 15) is 0 Å². The van der Waals surface area contributed by atoms with E-state index in [0.717, 1.165) is 12.8 Å². The van der Waals surface area contributed by atoms with Gasteiger partial charge < -0.3 is 0 Å². The fourth-order valence-electron chi connectivity index (χ4n) is 1.66. The third-order valence-corrected chi connectivity index (χ3v) is 4.68. The molecule has 2 rings (SSSR count). The summed E-state index contributed by atoms with van der Waals surface area (Å²) in [6.07, 6.45) is 21.1. The maximum atomic E-state index is 6.21. The molecule has 0 saturated carbocycles. The maximum Gasteiger partial charge on any atom is 2.00 e. The van der Waals surface area contributed by atoms with Crippen molar-refractivity contribution in [3.05, 3.63) is 48.1 Å². The molecule has 0 unspecified atom stereocenters. The molecule has 0 aromatic heterocycles. The molecular weight excluding hydrogens is 406 g/mol. The molecule has 0 fully saturated rings. The van der Waals surface area contributed by atoms with Gasteiger partial charge in [-0.2, -0.15) is 23.2 Å². The molecule has 0 aromatic carbocycles. The first kappa shape index (κ1) is 25.9. The minimum absolute atomic E-state index is 0. The average molecular weight is 429 g/mol. The molecule has 0 bridgehead atoms. The van der Waals surface area contributed by atoms with Crippen molar-refractivity contribution in [2.75, 3.05) is 0 Å². The molecule has 0 nitrogen and oxygen atoms in total. The Kier molecular flexibility index (Phi) is 19.2. The number of rotatable bonds is 4. The molecule has 2 aliphatic rings. The van der Waals surface area contributed by atoms with Gasteiger partial charge in [-0.05, 0) is 6.04 Å². The third-order valence-electron chi connectivity index (χ3n) is 2.57. The topological polar surface area (TPSA) is 0 Å². The normalized spacial score (nSPS) is 14.4. The zero-order chi connectivity index (χ0) is 12.6. The van der Waals surface area contributed by atoms with Crippen LogP contribution in [0.4, 0.5) is 0 Å². The van der Waals surface area contributed by atoms with Crippen LogP contribution in [0.15, 0.2) is 36.0 Å². The SMILES string of the molecule is C[Si](C)(Cl)CCCC1=[C-]CC=C1.Cl.Cl.[C-]1=CC=CC1.[Zr+2]. The van der Waals surface area contributed by atoms with Crippen LogP contribution in [-0.4, -0.2) is 7.38 Å². The van der Waals surface area contributed by atoms with Gasteiger partial charge in [0.05, 0.1) is 0 Å². The second kappa shape index (κ2) is 14.9. The molecule has 0 atom stereocenters. The van der Waals surface area contributed by atoms with E-state index in [0.29, 0.717) is 0 Å². The van der Waals surface area contributed by atoms with Gasteiger partial charge in [0.1, 0.15) is 0 Å². The number of allylic oxidation sites excluding steroid dienone is 8. The van der Waals surface area contributed by atoms with Crippen molar-refractivity contribution in [1.82, 2.24) is 0 Å². The van der Waals surface area contributed by atoms with Gasteiger partial charge in [0, 0.05) is 0 Å². The van der Waals surface area contributed by atoms with Crippen molar-refractivity contribution in [2.24, 2.45) is 0 Å². The van der Waals surface area contributed by atoms with Crippen LogP contribution in [0.25, 0.3) is 0 Å². The fourth-order valence-corrected chi connectivity index (χ4v) is 3.08. The predicted octanol–water partition coefficient (Wildman–Crippen LogP) is 6.05. The summed E-state index contributed by atoms with van der Waals surface area (Å²) in [4.78, 5) is 0. The van der Waals surface area contributed by atoms with E-state index in [4.69, 9.17) is 11.1 Å². The van der Waals surface area contributed by atoms with Gasteiger partial charge in [-0.1, -0.05) is 25.9 Å². The Balaban J connectivity index is -0.000000312. The van der Waals surface area contributed by atoms with E-state index < -0.39 is 7.38 Å². The Morgan fingerprint density at radius 3 is 2.25 bits per heavy atom. The van der Waals surface area contributed by atoms with Crippen LogP contribution in [-0.2, 0) is 26.2 Å². The summed E-state index contributed by atoms with van der Waals surface area (Å²) in [5.41, 5.74) is 1.38. The van der Waals surface area contributed by atoms with Crippen LogP contribution in [0, 0.1) is 12.2 Å². The van der Waals surface area contributed by atoms with E-state index in [-0.39, 0.29) is 51.0 Å². The van der Waals surface area contributed by atoms with Crippen LogP contribution in [0.3, 0.4) is 0 Å². The second-order valence-corrected chi connectivity index (χ2v) is 11.9. The van der Waals surface area contributed by atoms with Gasteiger partial charge in [-0.25, -0.2) is 23.8 Å². The Morgan fingerprint density at radius 2 is 1.90 bits per heavy atom. The molecule has 112 valence electrons. The first-order valence-corrected chi connectivity index (χ1v) is 10.5. The molecule has 5 heteroatoms. The summed E-state index contributed by atoms with van der Waals surface area (Å²) < 4.78 is 0. The molecule has 0 aliphatic heterocycles. The average Bonchev–Trinajstić information content (AvgIpc) is 2.91. The molecule has 2 aliphatic carbocycles. The molecule has 0 aromatic rings. The van der Waals surface area contributed by atoms with Crippen molar-refractivity contribution in [1.29, 1.82) is 0 Å². The summed E-state index contributed by atoms with van der Waals surface area (Å²) in [5, 5.41) is 0. The van der Waals surface area contributed by atoms with E-state index in [1.54, 1.807) is 0 Å². The van der Waals surface area contributed by atoms with Crippen molar-refractivity contribution < 1.29 is 26.2 Å². The monoisotopic (exact) mass is 426 g/mol. The Morgan fingerprint density at radius 1 is 1.20 bits per heavy atom. The third kappa shape index (κ3) is 15.3. The molecular formula is C15H23Cl3SiZr. The minimum atomic E-state index is -1.32. The van der Waals surface area contributed by atoms with Crippen molar-refractivity contribution in [3.63, 3.8) is 0 Å². The summed E-state index contributed by atoms with van der Waals surface area (Å²) in [6.45, 7) is 4.41. The first-order chi connectivity index (χ1) is 8.08. The molecule has 20 heavy (non-hydrogen) atoms. The Bertz CT molecular complexity index is 332. The second-order valence-electron chi connectivity index (χ2n) is 4.88. The van der Waals surface area contributed by atoms with Crippen molar-refractivity contribution in [2.45, 2.75) is 44.8 Å². The van der Waals surface area contributed by atoms with E-state index in [2.05, 4.69) is 43.5 Å². The van der Waals surface area contributed by atoms with E-state index >= 15 is 0 Å². The summed E-state index contributed by atoms with van der Waals surface area (Å²) in [6, 6.07) is 1.22. The minimum Gasteiger partial charge on any atom is -0.273 e. The van der Waals surface area contributed by atoms with Crippen LogP contribution >= 0.6 is 35.9 Å². The van der Waals surface area contributed by atoms with Crippen molar-refractivity contribution in [3.8, 4) is 0 Å². The molecule has 0 N–H and O–H groups in total.